The first kappa shape index (κ1) is 10.9. The number of H-pyrrole nitrogens is 1. The average molecular weight is 230 g/mol. The minimum absolute atomic E-state index is 0.311. The highest BCUT2D eigenvalue weighted by Crippen LogP contribution is 2.38. The van der Waals surface area contributed by atoms with Gasteiger partial charge in [-0.1, -0.05) is 0 Å². The first-order chi connectivity index (χ1) is 7.32. The highest BCUT2D eigenvalue weighted by Gasteiger charge is 2.52. The Labute approximate surface area is 88.9 Å². The summed E-state index contributed by atoms with van der Waals surface area (Å²) in [5.41, 5.74) is -2.89. The number of aromatic amines is 1. The van der Waals surface area contributed by atoms with Gasteiger partial charge in [0.2, 0.25) is 0 Å². The van der Waals surface area contributed by atoms with Crippen LogP contribution >= 0.6 is 0 Å². The third-order valence-corrected chi connectivity index (χ3v) is 2.47. The largest absolute Gasteiger partial charge is 0.422 e. The van der Waals surface area contributed by atoms with Gasteiger partial charge < -0.3 is 10.1 Å². The molecule has 2 aromatic rings. The maximum atomic E-state index is 12.6. The fourth-order valence-electron chi connectivity index (χ4n) is 1.37. The van der Waals surface area contributed by atoms with Crippen LogP contribution in [0.1, 0.15) is 12.6 Å². The summed E-state index contributed by atoms with van der Waals surface area (Å²) in [5, 5.41) is 9.97. The number of pyridine rings is 1. The number of alkyl halides is 3. The molecule has 1 unspecified atom stereocenters. The summed E-state index contributed by atoms with van der Waals surface area (Å²) in [6, 6.07) is 4.48. The molecule has 0 fully saturated rings. The summed E-state index contributed by atoms with van der Waals surface area (Å²) in [7, 11) is 0. The molecule has 2 heterocycles. The van der Waals surface area contributed by atoms with Gasteiger partial charge in [0.05, 0.1) is 5.69 Å². The van der Waals surface area contributed by atoms with Crippen molar-refractivity contribution in [1.29, 1.82) is 0 Å². The third-order valence-electron chi connectivity index (χ3n) is 2.47. The average Bonchev–Trinajstić information content (AvgIpc) is 2.59. The number of aromatic nitrogens is 2. The number of nitrogens with one attached hydrogen (secondary N) is 1. The molecule has 0 aliphatic rings. The normalized spacial score (nSPS) is 16.3. The molecule has 16 heavy (non-hydrogen) atoms. The summed E-state index contributed by atoms with van der Waals surface area (Å²) >= 11 is 0. The lowest BCUT2D eigenvalue weighted by molar-refractivity contribution is -0.260. The zero-order valence-corrected chi connectivity index (χ0v) is 8.34. The van der Waals surface area contributed by atoms with E-state index in [1.807, 2.05) is 0 Å². The highest BCUT2D eigenvalue weighted by atomic mass is 19.4. The van der Waals surface area contributed by atoms with E-state index in [-0.39, 0.29) is 5.69 Å². The van der Waals surface area contributed by atoms with Gasteiger partial charge in [-0.2, -0.15) is 13.2 Å². The maximum Gasteiger partial charge on any atom is 0.422 e. The molecule has 0 spiro atoms. The van der Waals surface area contributed by atoms with Gasteiger partial charge >= 0.3 is 6.18 Å². The summed E-state index contributed by atoms with van der Waals surface area (Å²) in [6.45, 7) is 0.706. The highest BCUT2D eigenvalue weighted by molar-refractivity contribution is 5.76. The van der Waals surface area contributed by atoms with Crippen LogP contribution < -0.4 is 0 Å². The monoisotopic (exact) mass is 230 g/mol. The SMILES string of the molecule is CC(O)(c1cc2cccnc2[nH]1)C(F)(F)F. The first-order valence-electron chi connectivity index (χ1n) is 4.56. The Bertz CT molecular complexity index is 483. The van der Waals surface area contributed by atoms with Crippen LogP contribution in [0, 0.1) is 0 Å². The lowest BCUT2D eigenvalue weighted by Crippen LogP contribution is -2.39. The van der Waals surface area contributed by atoms with Crippen molar-refractivity contribution in [1.82, 2.24) is 9.97 Å². The molecule has 0 saturated carbocycles. The molecule has 1 atom stereocenters. The molecule has 6 heteroatoms. The molecule has 0 aliphatic heterocycles. The Morgan fingerprint density at radius 3 is 2.62 bits per heavy atom. The second-order valence-corrected chi connectivity index (χ2v) is 3.69. The van der Waals surface area contributed by atoms with E-state index >= 15 is 0 Å². The zero-order chi connectivity index (χ0) is 12.0. The number of fused-ring (bicyclic) bond motifs is 1. The lowest BCUT2D eigenvalue weighted by Gasteiger charge is -2.24. The fraction of sp³-hybridized carbons (Fsp3) is 0.300. The van der Waals surface area contributed by atoms with Crippen LogP contribution in [0.3, 0.4) is 0 Å². The van der Waals surface area contributed by atoms with Crippen molar-refractivity contribution in [3.8, 4) is 0 Å². The van der Waals surface area contributed by atoms with Gasteiger partial charge in [0, 0.05) is 11.6 Å². The number of hydrogen-bond acceptors (Lipinski definition) is 2. The van der Waals surface area contributed by atoms with Crippen LogP contribution in [0.4, 0.5) is 13.2 Å². The van der Waals surface area contributed by atoms with Crippen molar-refractivity contribution in [3.63, 3.8) is 0 Å². The zero-order valence-electron chi connectivity index (χ0n) is 8.34. The molecule has 86 valence electrons. The van der Waals surface area contributed by atoms with Crippen LogP contribution in [0.2, 0.25) is 0 Å². The van der Waals surface area contributed by atoms with Gasteiger partial charge in [-0.3, -0.25) is 0 Å². The summed E-state index contributed by atoms with van der Waals surface area (Å²) < 4.78 is 37.7. The predicted octanol–water partition coefficient (Wildman–Crippen LogP) is 2.33. The smallest absolute Gasteiger partial charge is 0.375 e. The van der Waals surface area contributed by atoms with Crippen molar-refractivity contribution in [3.05, 3.63) is 30.1 Å². The molecular formula is C10H9F3N2O. The molecule has 0 radical (unpaired) electrons. The van der Waals surface area contributed by atoms with Gasteiger partial charge in [0.1, 0.15) is 5.65 Å². The Kier molecular flexibility index (Phi) is 2.20. The Morgan fingerprint density at radius 2 is 2.06 bits per heavy atom. The maximum absolute atomic E-state index is 12.6. The number of rotatable bonds is 1. The van der Waals surface area contributed by atoms with E-state index in [1.165, 1.54) is 12.3 Å². The summed E-state index contributed by atoms with van der Waals surface area (Å²) in [5.74, 6) is 0. The minimum atomic E-state index is -4.73. The molecular weight excluding hydrogens is 221 g/mol. The van der Waals surface area contributed by atoms with Gasteiger partial charge in [0.25, 0.3) is 0 Å². The third kappa shape index (κ3) is 1.55. The Morgan fingerprint density at radius 1 is 1.38 bits per heavy atom. The van der Waals surface area contributed by atoms with E-state index in [0.717, 1.165) is 0 Å². The molecule has 2 aromatic heterocycles. The lowest BCUT2D eigenvalue weighted by atomic mass is 10.0. The minimum Gasteiger partial charge on any atom is -0.375 e. The second-order valence-electron chi connectivity index (χ2n) is 3.69. The van der Waals surface area contributed by atoms with Crippen LogP contribution in [-0.2, 0) is 5.60 Å². The topological polar surface area (TPSA) is 48.9 Å². The van der Waals surface area contributed by atoms with E-state index in [2.05, 4.69) is 9.97 Å². The molecule has 3 nitrogen and oxygen atoms in total. The van der Waals surface area contributed by atoms with Gasteiger partial charge in [-0.15, -0.1) is 0 Å². The quantitative estimate of drug-likeness (QED) is 0.789. The molecule has 0 aromatic carbocycles. The van der Waals surface area contributed by atoms with Crippen LogP contribution in [0.5, 0.6) is 0 Å². The van der Waals surface area contributed by atoms with Crippen molar-refractivity contribution in [2.24, 2.45) is 0 Å². The van der Waals surface area contributed by atoms with E-state index < -0.39 is 11.8 Å². The Balaban J connectivity index is 2.56. The second kappa shape index (κ2) is 3.21. The number of aliphatic hydroxyl groups is 1. The molecule has 0 bridgehead atoms. The van der Waals surface area contributed by atoms with Gasteiger partial charge in [0.15, 0.2) is 5.60 Å². The van der Waals surface area contributed by atoms with Crippen molar-refractivity contribution < 1.29 is 18.3 Å². The predicted molar refractivity (Wildman–Crippen MR) is 51.7 cm³/mol. The molecule has 2 rings (SSSR count). The van der Waals surface area contributed by atoms with E-state index in [0.29, 0.717) is 18.0 Å². The molecule has 0 amide bonds. The number of hydrogen-bond donors (Lipinski definition) is 2. The van der Waals surface area contributed by atoms with Gasteiger partial charge in [-0.05, 0) is 25.1 Å². The van der Waals surface area contributed by atoms with E-state index in [9.17, 15) is 18.3 Å². The number of halogens is 3. The van der Waals surface area contributed by atoms with Crippen LogP contribution in [0.15, 0.2) is 24.4 Å². The van der Waals surface area contributed by atoms with Crippen molar-refractivity contribution >= 4 is 11.0 Å². The Hall–Kier alpha value is -1.56. The number of nitrogens with zero attached hydrogens (tertiary/aromatic N) is 1. The molecule has 0 saturated heterocycles. The fourth-order valence-corrected chi connectivity index (χ4v) is 1.37. The van der Waals surface area contributed by atoms with E-state index in [1.54, 1.807) is 12.1 Å². The first-order valence-corrected chi connectivity index (χ1v) is 4.56. The summed E-state index contributed by atoms with van der Waals surface area (Å²) in [4.78, 5) is 6.32. The molecule has 0 aliphatic carbocycles. The standard InChI is InChI=1S/C10H9F3N2O/c1-9(16,10(11,12)13)7-5-6-3-2-4-14-8(6)15-7/h2-5,16H,1H3,(H,14,15). The van der Waals surface area contributed by atoms with E-state index in [4.69, 9.17) is 0 Å². The van der Waals surface area contributed by atoms with Gasteiger partial charge in [-0.25, -0.2) is 4.98 Å². The summed E-state index contributed by atoms with van der Waals surface area (Å²) in [6.07, 6.45) is -3.27. The molecule has 2 N–H and O–H groups in total. The van der Waals surface area contributed by atoms with Crippen molar-refractivity contribution in [2.45, 2.75) is 18.7 Å². The van der Waals surface area contributed by atoms with Crippen LogP contribution in [-0.4, -0.2) is 21.3 Å². The van der Waals surface area contributed by atoms with Crippen molar-refractivity contribution in [2.75, 3.05) is 0 Å². The van der Waals surface area contributed by atoms with Crippen LogP contribution in [0.25, 0.3) is 11.0 Å².